The number of nitrogens with zero attached hydrogens (tertiary/aromatic N) is 6. The van der Waals surface area contributed by atoms with Gasteiger partial charge in [0.1, 0.15) is 25.0 Å². The molecule has 0 aromatic heterocycles. The minimum atomic E-state index is -1.05. The first-order valence-corrected chi connectivity index (χ1v) is 10.6. The number of carbonyl (C=O) groups excluding carboxylic acids is 2. The Kier molecular flexibility index (Phi) is 6.22. The number of β-amino-alcohol motifs (C(OH)–C–C–N with tert-alkyl or cyclic N) is 1. The standard InChI is InChI=1S/C21H28FN6O4/c1-24-19-18(20(31)25(2)21(24)32)28(11-16(30)13-29)17(23-19)12-26-7-9-27(10-8-26)15-5-3-14(22)4-6-15/h3-6,16,18,29-30H,7-13H2,1-2H3/q+1. The molecule has 2 N–H and O–H groups in total. The molecule has 3 aliphatic rings. The van der Waals surface area contributed by atoms with E-state index in [1.54, 1.807) is 23.8 Å². The number of aliphatic hydroxyl groups is 2. The summed E-state index contributed by atoms with van der Waals surface area (Å²) in [4.78, 5) is 36.6. The van der Waals surface area contributed by atoms with Crippen molar-refractivity contribution in [2.75, 3.05) is 64.9 Å². The lowest BCUT2D eigenvalue weighted by Crippen LogP contribution is -2.62. The van der Waals surface area contributed by atoms with Gasteiger partial charge in [0.05, 0.1) is 6.61 Å². The molecule has 1 aromatic rings. The van der Waals surface area contributed by atoms with E-state index in [2.05, 4.69) is 14.8 Å². The fraction of sp³-hybridized carbons (Fsp3) is 0.524. The number of amides is 3. The third kappa shape index (κ3) is 4.10. The van der Waals surface area contributed by atoms with E-state index in [1.807, 2.05) is 0 Å². The van der Waals surface area contributed by atoms with Crippen molar-refractivity contribution >= 4 is 29.3 Å². The first kappa shape index (κ1) is 22.3. The summed E-state index contributed by atoms with van der Waals surface area (Å²) in [5.41, 5.74) is 0.965. The monoisotopic (exact) mass is 447 g/mol. The number of likely N-dealkylation sites (N-methyl/N-ethyl adjacent to an activating group) is 2. The van der Waals surface area contributed by atoms with Gasteiger partial charge in [0, 0.05) is 46.0 Å². The average Bonchev–Trinajstić information content (AvgIpc) is 3.15. The van der Waals surface area contributed by atoms with Crippen molar-refractivity contribution in [3.8, 4) is 0 Å². The molecule has 3 amide bonds. The van der Waals surface area contributed by atoms with Gasteiger partial charge in [-0.1, -0.05) is 0 Å². The van der Waals surface area contributed by atoms with Crippen LogP contribution in [-0.2, 0) is 4.79 Å². The molecule has 172 valence electrons. The van der Waals surface area contributed by atoms with Crippen LogP contribution < -0.4 is 4.90 Å². The number of urea groups is 1. The van der Waals surface area contributed by atoms with Crippen LogP contribution in [0.15, 0.2) is 29.3 Å². The molecule has 0 radical (unpaired) electrons. The molecule has 0 saturated carbocycles. The van der Waals surface area contributed by atoms with E-state index in [1.165, 1.54) is 24.1 Å². The zero-order valence-electron chi connectivity index (χ0n) is 18.2. The van der Waals surface area contributed by atoms with Crippen molar-refractivity contribution in [2.45, 2.75) is 12.1 Å². The molecule has 1 aromatic carbocycles. The Morgan fingerprint density at radius 3 is 2.41 bits per heavy atom. The molecule has 0 bridgehead atoms. The minimum absolute atomic E-state index is 0.0284. The summed E-state index contributed by atoms with van der Waals surface area (Å²) in [6, 6.07) is 5.16. The summed E-state index contributed by atoms with van der Waals surface area (Å²) in [6.45, 7) is 2.98. The van der Waals surface area contributed by atoms with Crippen molar-refractivity contribution in [1.82, 2.24) is 14.7 Å². The van der Waals surface area contributed by atoms with E-state index >= 15 is 0 Å². The Morgan fingerprint density at radius 1 is 1.12 bits per heavy atom. The van der Waals surface area contributed by atoms with Gasteiger partial charge in [0.2, 0.25) is 0 Å². The van der Waals surface area contributed by atoms with E-state index in [9.17, 15) is 24.2 Å². The molecule has 32 heavy (non-hydrogen) atoms. The molecule has 2 fully saturated rings. The van der Waals surface area contributed by atoms with Crippen LogP contribution in [-0.4, -0.2) is 125 Å². The number of piperazine rings is 1. The van der Waals surface area contributed by atoms with Crippen LogP contribution >= 0.6 is 0 Å². The number of fused-ring (bicyclic) bond motifs is 1. The van der Waals surface area contributed by atoms with Crippen LogP contribution in [0, 0.1) is 5.82 Å². The number of aliphatic imine (C=N–C) groups is 1. The fourth-order valence-corrected chi connectivity index (χ4v) is 4.29. The van der Waals surface area contributed by atoms with Crippen molar-refractivity contribution < 1.29 is 28.8 Å². The predicted octanol–water partition coefficient (Wildman–Crippen LogP) is -0.984. The molecule has 3 heterocycles. The molecule has 2 atom stereocenters. The maximum Gasteiger partial charge on any atom is 0.333 e. The molecule has 4 rings (SSSR count). The summed E-state index contributed by atoms with van der Waals surface area (Å²) >= 11 is 0. The Hall–Kier alpha value is -2.89. The number of hydrogen-bond acceptors (Lipinski definition) is 7. The third-order valence-electron chi connectivity index (χ3n) is 6.16. The minimum Gasteiger partial charge on any atom is -0.394 e. The van der Waals surface area contributed by atoms with E-state index in [0.29, 0.717) is 18.2 Å². The highest BCUT2D eigenvalue weighted by Gasteiger charge is 2.53. The molecule has 2 saturated heterocycles. The fourth-order valence-electron chi connectivity index (χ4n) is 4.29. The van der Waals surface area contributed by atoms with Gasteiger partial charge in [-0.15, -0.1) is 0 Å². The number of benzene rings is 1. The van der Waals surface area contributed by atoms with Crippen LogP contribution in [0.25, 0.3) is 0 Å². The van der Waals surface area contributed by atoms with E-state index in [-0.39, 0.29) is 12.4 Å². The van der Waals surface area contributed by atoms with Crippen molar-refractivity contribution in [3.63, 3.8) is 0 Å². The summed E-state index contributed by atoms with van der Waals surface area (Å²) in [5, 5.41) is 19.4. The number of carbonyl (C=O) groups is 2. The maximum absolute atomic E-state index is 13.2. The Balaban J connectivity index is 1.51. The smallest absolute Gasteiger partial charge is 0.333 e. The molecule has 2 unspecified atom stereocenters. The lowest BCUT2D eigenvalue weighted by molar-refractivity contribution is -0.545. The number of halogens is 1. The zero-order chi connectivity index (χ0) is 23.0. The average molecular weight is 447 g/mol. The van der Waals surface area contributed by atoms with Crippen LogP contribution in [0.4, 0.5) is 14.9 Å². The Bertz CT molecular complexity index is 958. The SMILES string of the molecule is CN1C(=O)C2C(=NC(CN3CCN(c4ccc(F)cc4)CC3)=[N+]2CC(O)CO)N(C)C1=O. The van der Waals surface area contributed by atoms with Crippen LogP contribution in [0.2, 0.25) is 0 Å². The molecule has 11 heteroatoms. The normalized spacial score (nSPS) is 23.1. The van der Waals surface area contributed by atoms with E-state index < -0.39 is 30.7 Å². The number of hydrogen-bond donors (Lipinski definition) is 2. The number of rotatable bonds is 6. The first-order valence-electron chi connectivity index (χ1n) is 10.6. The second-order valence-corrected chi connectivity index (χ2v) is 8.26. The molecule has 0 spiro atoms. The highest BCUT2D eigenvalue weighted by atomic mass is 19.1. The maximum atomic E-state index is 13.2. The van der Waals surface area contributed by atoms with Gasteiger partial charge in [0.25, 0.3) is 17.8 Å². The Morgan fingerprint density at radius 2 is 1.78 bits per heavy atom. The summed E-state index contributed by atoms with van der Waals surface area (Å²) in [6.07, 6.45) is -1.05. The van der Waals surface area contributed by atoms with Crippen LogP contribution in [0.1, 0.15) is 0 Å². The molecule has 0 aliphatic carbocycles. The van der Waals surface area contributed by atoms with Crippen molar-refractivity contribution in [3.05, 3.63) is 30.1 Å². The highest BCUT2D eigenvalue weighted by Crippen LogP contribution is 2.21. The molecular formula is C21H28FN6O4+. The second kappa shape index (κ2) is 8.93. The molecular weight excluding hydrogens is 419 g/mol. The number of imide groups is 1. The quantitative estimate of drug-likeness (QED) is 0.544. The van der Waals surface area contributed by atoms with Gasteiger partial charge >= 0.3 is 11.9 Å². The lowest BCUT2D eigenvalue weighted by atomic mass is 10.1. The van der Waals surface area contributed by atoms with Crippen molar-refractivity contribution in [2.24, 2.45) is 4.99 Å². The largest absolute Gasteiger partial charge is 0.394 e. The van der Waals surface area contributed by atoms with Gasteiger partial charge < -0.3 is 15.1 Å². The molecule has 10 nitrogen and oxygen atoms in total. The lowest BCUT2D eigenvalue weighted by Gasteiger charge is -2.35. The number of anilines is 1. The van der Waals surface area contributed by atoms with Gasteiger partial charge in [-0.2, -0.15) is 0 Å². The topological polar surface area (TPSA) is 103 Å². The zero-order valence-corrected chi connectivity index (χ0v) is 18.2. The summed E-state index contributed by atoms with van der Waals surface area (Å²) < 4.78 is 14.9. The predicted molar refractivity (Wildman–Crippen MR) is 115 cm³/mol. The van der Waals surface area contributed by atoms with Gasteiger partial charge in [0.15, 0.2) is 0 Å². The van der Waals surface area contributed by atoms with Gasteiger partial charge in [-0.25, -0.2) is 13.8 Å². The van der Waals surface area contributed by atoms with Gasteiger partial charge in [-0.05, 0) is 29.3 Å². The number of aliphatic hydroxyl groups excluding tert-OH is 2. The van der Waals surface area contributed by atoms with E-state index in [0.717, 1.165) is 36.8 Å². The molecule has 3 aliphatic heterocycles. The first-order chi connectivity index (χ1) is 15.3. The number of amidine groups is 2. The summed E-state index contributed by atoms with van der Waals surface area (Å²) in [7, 11) is 2.99. The van der Waals surface area contributed by atoms with Gasteiger partial charge in [-0.3, -0.25) is 19.5 Å². The van der Waals surface area contributed by atoms with E-state index in [4.69, 9.17) is 0 Å². The van der Waals surface area contributed by atoms with Crippen LogP contribution in [0.3, 0.4) is 0 Å². The van der Waals surface area contributed by atoms with Crippen molar-refractivity contribution in [1.29, 1.82) is 0 Å². The Labute approximate surface area is 185 Å². The highest BCUT2D eigenvalue weighted by molar-refractivity contribution is 6.23. The third-order valence-corrected chi connectivity index (χ3v) is 6.16. The second-order valence-electron chi connectivity index (χ2n) is 8.26. The summed E-state index contributed by atoms with van der Waals surface area (Å²) in [5.74, 6) is 0.242. The van der Waals surface area contributed by atoms with Crippen LogP contribution in [0.5, 0.6) is 0 Å².